The van der Waals surface area contributed by atoms with Crippen LogP contribution in [-0.4, -0.2) is 53.8 Å². The number of hydrogen-bond acceptors (Lipinski definition) is 5. The van der Waals surface area contributed by atoms with E-state index in [2.05, 4.69) is 15.6 Å². The summed E-state index contributed by atoms with van der Waals surface area (Å²) in [4.78, 5) is 28.1. The van der Waals surface area contributed by atoms with Crippen LogP contribution in [0.3, 0.4) is 0 Å². The predicted octanol–water partition coefficient (Wildman–Crippen LogP) is 1.24. The van der Waals surface area contributed by atoms with Crippen molar-refractivity contribution in [1.82, 2.24) is 15.2 Å². The summed E-state index contributed by atoms with van der Waals surface area (Å²) >= 11 is 0. The van der Waals surface area contributed by atoms with Crippen LogP contribution in [0.4, 0.5) is 14.8 Å². The SMILES string of the molecule is O=CNC(CCCN1CCCC(F)(F)C1)C(=O)Nc1ncco1. The van der Waals surface area contributed by atoms with Crippen LogP contribution in [0.15, 0.2) is 16.9 Å². The van der Waals surface area contributed by atoms with Gasteiger partial charge in [0.05, 0.1) is 12.7 Å². The molecule has 1 aromatic rings. The highest BCUT2D eigenvalue weighted by atomic mass is 19.3. The van der Waals surface area contributed by atoms with Crippen LogP contribution >= 0.6 is 0 Å². The quantitative estimate of drug-likeness (QED) is 0.700. The van der Waals surface area contributed by atoms with Gasteiger partial charge in [0, 0.05) is 6.42 Å². The minimum absolute atomic E-state index is 0.0448. The molecule has 0 radical (unpaired) electrons. The second-order valence-corrected chi connectivity index (χ2v) is 5.54. The van der Waals surface area contributed by atoms with Crippen LogP contribution in [0, 0.1) is 0 Å². The van der Waals surface area contributed by atoms with Crippen molar-refractivity contribution in [1.29, 1.82) is 0 Å². The minimum atomic E-state index is -2.64. The van der Waals surface area contributed by atoms with E-state index in [0.717, 1.165) is 0 Å². The smallest absolute Gasteiger partial charge is 0.301 e. The normalized spacial score (nSPS) is 19.0. The van der Waals surface area contributed by atoms with E-state index in [0.29, 0.717) is 38.8 Å². The lowest BCUT2D eigenvalue weighted by molar-refractivity contribution is -0.121. The fourth-order valence-corrected chi connectivity index (χ4v) is 2.61. The van der Waals surface area contributed by atoms with Gasteiger partial charge in [0.25, 0.3) is 11.8 Å². The number of hydrogen-bond donors (Lipinski definition) is 2. The topological polar surface area (TPSA) is 87.5 Å². The number of nitrogens with one attached hydrogen (secondary N) is 2. The highest BCUT2D eigenvalue weighted by Gasteiger charge is 2.34. The summed E-state index contributed by atoms with van der Waals surface area (Å²) in [5, 5.41) is 4.86. The fourth-order valence-electron chi connectivity index (χ4n) is 2.61. The predicted molar refractivity (Wildman–Crippen MR) is 78.0 cm³/mol. The number of piperidine rings is 1. The Kier molecular flexibility index (Phi) is 6.03. The molecule has 1 aliphatic rings. The molecule has 23 heavy (non-hydrogen) atoms. The van der Waals surface area contributed by atoms with Gasteiger partial charge in [0.2, 0.25) is 6.41 Å². The van der Waals surface area contributed by atoms with Gasteiger partial charge in [-0.3, -0.25) is 19.8 Å². The van der Waals surface area contributed by atoms with E-state index in [4.69, 9.17) is 4.42 Å². The number of likely N-dealkylation sites (tertiary alicyclic amines) is 1. The van der Waals surface area contributed by atoms with Crippen molar-refractivity contribution in [2.45, 2.75) is 37.6 Å². The Bertz CT molecular complexity index is 510. The Morgan fingerprint density at radius 1 is 1.57 bits per heavy atom. The number of aromatic nitrogens is 1. The summed E-state index contributed by atoms with van der Waals surface area (Å²) in [6.45, 7) is 0.837. The van der Waals surface area contributed by atoms with Crippen molar-refractivity contribution in [3.8, 4) is 0 Å². The third-order valence-electron chi connectivity index (χ3n) is 3.69. The first-order valence-corrected chi connectivity index (χ1v) is 7.50. The molecule has 0 saturated carbocycles. The van der Waals surface area contributed by atoms with Gasteiger partial charge in [0.15, 0.2) is 0 Å². The second kappa shape index (κ2) is 8.00. The van der Waals surface area contributed by atoms with E-state index in [1.165, 1.54) is 12.5 Å². The van der Waals surface area contributed by atoms with Crippen molar-refractivity contribution in [2.24, 2.45) is 0 Å². The molecule has 1 aliphatic heterocycles. The van der Waals surface area contributed by atoms with Gasteiger partial charge in [0.1, 0.15) is 12.3 Å². The molecule has 2 amide bonds. The van der Waals surface area contributed by atoms with Gasteiger partial charge in [-0.15, -0.1) is 0 Å². The third-order valence-corrected chi connectivity index (χ3v) is 3.69. The molecule has 0 spiro atoms. The first-order chi connectivity index (χ1) is 11.0. The van der Waals surface area contributed by atoms with Crippen molar-refractivity contribution in [3.63, 3.8) is 0 Å². The molecular weight excluding hydrogens is 310 g/mol. The molecule has 1 saturated heterocycles. The van der Waals surface area contributed by atoms with E-state index < -0.39 is 17.9 Å². The number of carbonyl (C=O) groups is 2. The Hall–Kier alpha value is -2.03. The van der Waals surface area contributed by atoms with Gasteiger partial charge in [-0.25, -0.2) is 13.8 Å². The van der Waals surface area contributed by atoms with Crippen LogP contribution in [0.25, 0.3) is 0 Å². The molecule has 1 aromatic heterocycles. The molecule has 7 nitrogen and oxygen atoms in total. The Morgan fingerprint density at radius 3 is 3.04 bits per heavy atom. The lowest BCUT2D eigenvalue weighted by Gasteiger charge is -2.32. The van der Waals surface area contributed by atoms with Gasteiger partial charge < -0.3 is 9.73 Å². The van der Waals surface area contributed by atoms with E-state index in [1.807, 2.05) is 0 Å². The third kappa shape index (κ3) is 5.59. The molecule has 0 aliphatic carbocycles. The Morgan fingerprint density at radius 2 is 2.39 bits per heavy atom. The average molecular weight is 330 g/mol. The highest BCUT2D eigenvalue weighted by Crippen LogP contribution is 2.26. The van der Waals surface area contributed by atoms with Crippen molar-refractivity contribution in [3.05, 3.63) is 12.5 Å². The number of amides is 2. The van der Waals surface area contributed by atoms with E-state index in [9.17, 15) is 18.4 Å². The zero-order chi connectivity index (χ0) is 16.7. The Labute approximate surface area is 132 Å². The lowest BCUT2D eigenvalue weighted by atomic mass is 10.1. The largest absolute Gasteiger partial charge is 0.432 e. The monoisotopic (exact) mass is 330 g/mol. The zero-order valence-electron chi connectivity index (χ0n) is 12.6. The molecule has 128 valence electrons. The van der Waals surface area contributed by atoms with Gasteiger partial charge in [-0.05, 0) is 32.4 Å². The summed E-state index contributed by atoms with van der Waals surface area (Å²) in [6, 6.07) is -0.715. The van der Waals surface area contributed by atoms with Crippen molar-refractivity contribution < 1.29 is 22.8 Å². The maximum atomic E-state index is 13.3. The average Bonchev–Trinajstić information content (AvgIpc) is 2.98. The molecular formula is C14H20F2N4O3. The molecule has 2 N–H and O–H groups in total. The molecule has 2 rings (SSSR count). The molecule has 1 unspecified atom stereocenters. The van der Waals surface area contributed by atoms with Crippen molar-refractivity contribution in [2.75, 3.05) is 25.0 Å². The van der Waals surface area contributed by atoms with Crippen LogP contribution in [0.1, 0.15) is 25.7 Å². The summed E-state index contributed by atoms with van der Waals surface area (Å²) in [5.41, 5.74) is 0. The van der Waals surface area contributed by atoms with Crippen molar-refractivity contribution >= 4 is 18.3 Å². The first kappa shape index (κ1) is 17.3. The number of nitrogens with zero attached hydrogens (tertiary/aromatic N) is 2. The number of halogens is 2. The standard InChI is InChI=1S/C14H20F2N4O3/c15-14(16)4-2-7-20(9-14)6-1-3-11(18-10-21)12(22)19-13-17-5-8-23-13/h5,8,10-11H,1-4,6-7,9H2,(H,18,21)(H,17,19,22). The number of oxazole rings is 1. The van der Waals surface area contributed by atoms with Gasteiger partial charge in [-0.2, -0.15) is 0 Å². The summed E-state index contributed by atoms with van der Waals surface area (Å²) in [5.74, 6) is -3.09. The molecule has 9 heteroatoms. The maximum Gasteiger partial charge on any atom is 0.301 e. The summed E-state index contributed by atoms with van der Waals surface area (Å²) < 4.78 is 31.5. The lowest BCUT2D eigenvalue weighted by Crippen LogP contribution is -2.44. The molecule has 2 heterocycles. The van der Waals surface area contributed by atoms with Crippen LogP contribution < -0.4 is 10.6 Å². The van der Waals surface area contributed by atoms with E-state index >= 15 is 0 Å². The Balaban J connectivity index is 1.77. The summed E-state index contributed by atoms with van der Waals surface area (Å²) in [6.07, 6.45) is 4.39. The first-order valence-electron chi connectivity index (χ1n) is 7.50. The zero-order valence-corrected chi connectivity index (χ0v) is 12.6. The van der Waals surface area contributed by atoms with Crippen LogP contribution in [-0.2, 0) is 9.59 Å². The molecule has 1 fully saturated rings. The van der Waals surface area contributed by atoms with E-state index in [1.54, 1.807) is 4.90 Å². The summed E-state index contributed by atoms with van der Waals surface area (Å²) in [7, 11) is 0. The van der Waals surface area contributed by atoms with E-state index in [-0.39, 0.29) is 19.0 Å². The minimum Gasteiger partial charge on any atom is -0.432 e. The number of carbonyl (C=O) groups excluding carboxylic acids is 2. The van der Waals surface area contributed by atoms with Gasteiger partial charge >= 0.3 is 6.01 Å². The maximum absolute atomic E-state index is 13.3. The second-order valence-electron chi connectivity index (χ2n) is 5.54. The molecule has 0 aromatic carbocycles. The molecule has 0 bridgehead atoms. The molecule has 1 atom stereocenters. The van der Waals surface area contributed by atoms with Gasteiger partial charge in [-0.1, -0.05) is 0 Å². The highest BCUT2D eigenvalue weighted by molar-refractivity contribution is 5.94. The van der Waals surface area contributed by atoms with Crippen LogP contribution in [0.2, 0.25) is 0 Å². The van der Waals surface area contributed by atoms with Crippen LogP contribution in [0.5, 0.6) is 0 Å². The number of anilines is 1. The number of rotatable bonds is 8. The fraction of sp³-hybridized carbons (Fsp3) is 0.643. The number of alkyl halides is 2.